The van der Waals surface area contributed by atoms with Gasteiger partial charge < -0.3 is 19.4 Å². The fourth-order valence-electron chi connectivity index (χ4n) is 3.52. The summed E-state index contributed by atoms with van der Waals surface area (Å²) in [5.74, 6) is 0.391. The van der Waals surface area contributed by atoms with Crippen molar-refractivity contribution in [2.24, 2.45) is 0 Å². The number of nitrogens with zero attached hydrogens (tertiary/aromatic N) is 4. The van der Waals surface area contributed by atoms with Crippen molar-refractivity contribution in [3.05, 3.63) is 46.6 Å². The molecule has 0 aliphatic carbocycles. The van der Waals surface area contributed by atoms with E-state index in [2.05, 4.69) is 4.98 Å². The van der Waals surface area contributed by atoms with Crippen LogP contribution in [0.5, 0.6) is 0 Å². The van der Waals surface area contributed by atoms with Crippen LogP contribution in [0, 0.1) is 0 Å². The Morgan fingerprint density at radius 3 is 2.30 bits per heavy atom. The maximum atomic E-state index is 12.3. The van der Waals surface area contributed by atoms with Crippen LogP contribution in [0.3, 0.4) is 0 Å². The Morgan fingerprint density at radius 1 is 1.09 bits per heavy atom. The minimum absolute atomic E-state index is 0.181. The van der Waals surface area contributed by atoms with Gasteiger partial charge in [-0.15, -0.1) is 0 Å². The van der Waals surface area contributed by atoms with Gasteiger partial charge in [0, 0.05) is 52.0 Å². The number of aromatic nitrogens is 1. The number of carbonyl (C=O) groups is 3. The number of carbonyl (C=O) groups excluding carboxylic acids is 3. The minimum Gasteiger partial charge on any atom is -0.444 e. The quantitative estimate of drug-likeness (QED) is 0.626. The molecule has 2 amide bonds. The third-order valence-electron chi connectivity index (χ3n) is 5.19. The summed E-state index contributed by atoms with van der Waals surface area (Å²) >= 11 is 6.34. The average molecular weight is 473 g/mol. The molecule has 1 aromatic carbocycles. The zero-order chi connectivity index (χ0) is 24.3. The number of pyridine rings is 1. The van der Waals surface area contributed by atoms with Crippen molar-refractivity contribution in [3.63, 3.8) is 0 Å². The van der Waals surface area contributed by atoms with Crippen LogP contribution >= 0.6 is 11.6 Å². The summed E-state index contributed by atoms with van der Waals surface area (Å²) in [7, 11) is 3.33. The first kappa shape index (κ1) is 24.5. The van der Waals surface area contributed by atoms with Crippen molar-refractivity contribution >= 4 is 35.7 Å². The number of rotatable bonds is 4. The molecule has 0 N–H and O–H groups in total. The van der Waals surface area contributed by atoms with Gasteiger partial charge in [0.25, 0.3) is 5.91 Å². The van der Waals surface area contributed by atoms with Crippen LogP contribution in [0.15, 0.2) is 30.5 Å². The van der Waals surface area contributed by atoms with E-state index in [1.54, 1.807) is 49.5 Å². The molecule has 0 bridgehead atoms. The second-order valence-electron chi connectivity index (χ2n) is 9.10. The summed E-state index contributed by atoms with van der Waals surface area (Å²) in [6.45, 7) is 7.55. The Kier molecular flexibility index (Phi) is 7.27. The molecular weight excluding hydrogens is 444 g/mol. The van der Waals surface area contributed by atoms with E-state index >= 15 is 0 Å². The molecule has 1 saturated heterocycles. The lowest BCUT2D eigenvalue weighted by Crippen LogP contribution is -2.50. The number of anilines is 1. The van der Waals surface area contributed by atoms with Gasteiger partial charge in [0.15, 0.2) is 6.29 Å². The van der Waals surface area contributed by atoms with E-state index in [0.29, 0.717) is 48.1 Å². The van der Waals surface area contributed by atoms with Crippen LogP contribution in [-0.2, 0) is 4.74 Å². The molecule has 8 nitrogen and oxygen atoms in total. The van der Waals surface area contributed by atoms with Gasteiger partial charge >= 0.3 is 6.09 Å². The van der Waals surface area contributed by atoms with Crippen LogP contribution in [0.1, 0.15) is 41.5 Å². The topological polar surface area (TPSA) is 83.1 Å². The highest BCUT2D eigenvalue weighted by Crippen LogP contribution is 2.29. The highest BCUT2D eigenvalue weighted by molar-refractivity contribution is 6.34. The second kappa shape index (κ2) is 9.79. The van der Waals surface area contributed by atoms with Crippen molar-refractivity contribution in [2.75, 3.05) is 45.2 Å². The third kappa shape index (κ3) is 5.82. The first-order chi connectivity index (χ1) is 15.5. The molecule has 0 saturated carbocycles. The van der Waals surface area contributed by atoms with E-state index in [-0.39, 0.29) is 12.0 Å². The van der Waals surface area contributed by atoms with Crippen molar-refractivity contribution in [2.45, 2.75) is 26.4 Å². The third-order valence-corrected chi connectivity index (χ3v) is 5.50. The number of ether oxygens (including phenoxy) is 1. The van der Waals surface area contributed by atoms with E-state index in [1.165, 1.54) is 4.90 Å². The lowest BCUT2D eigenvalue weighted by molar-refractivity contribution is 0.0240. The number of halogens is 1. The molecule has 0 unspecified atom stereocenters. The normalized spacial score (nSPS) is 14.1. The Balaban J connectivity index is 1.76. The monoisotopic (exact) mass is 472 g/mol. The number of aldehydes is 1. The second-order valence-corrected chi connectivity index (χ2v) is 9.51. The van der Waals surface area contributed by atoms with Gasteiger partial charge in [0.1, 0.15) is 11.4 Å². The molecule has 176 valence electrons. The van der Waals surface area contributed by atoms with Crippen molar-refractivity contribution in [3.8, 4) is 11.1 Å². The number of hydrogen-bond donors (Lipinski definition) is 0. The van der Waals surface area contributed by atoms with Gasteiger partial charge in [-0.25, -0.2) is 9.78 Å². The lowest BCUT2D eigenvalue weighted by atomic mass is 10.0. The fourth-order valence-corrected chi connectivity index (χ4v) is 3.78. The predicted molar refractivity (Wildman–Crippen MR) is 128 cm³/mol. The molecule has 1 aromatic heterocycles. The molecular formula is C24H29ClN4O4. The van der Waals surface area contributed by atoms with E-state index in [4.69, 9.17) is 16.3 Å². The van der Waals surface area contributed by atoms with Gasteiger partial charge in [-0.2, -0.15) is 0 Å². The number of amides is 2. The SMILES string of the molecule is CN(C)C(=O)c1ccc(-c2cnc(N3CCN(C(=O)OC(C)(C)C)CC3)c(C=O)c2)cc1Cl. The molecule has 1 fully saturated rings. The Morgan fingerprint density at radius 2 is 1.76 bits per heavy atom. The first-order valence-electron chi connectivity index (χ1n) is 10.7. The predicted octanol–water partition coefficient (Wildman–Crippen LogP) is 3.97. The zero-order valence-electron chi connectivity index (χ0n) is 19.6. The lowest BCUT2D eigenvalue weighted by Gasteiger charge is -2.36. The van der Waals surface area contributed by atoms with Crippen molar-refractivity contribution in [1.82, 2.24) is 14.8 Å². The molecule has 2 aromatic rings. The van der Waals surface area contributed by atoms with Crippen LogP contribution in [-0.4, -0.2) is 78.9 Å². The van der Waals surface area contributed by atoms with Crippen LogP contribution < -0.4 is 4.90 Å². The molecule has 9 heteroatoms. The van der Waals surface area contributed by atoms with Gasteiger partial charge in [-0.05, 0) is 44.5 Å². The maximum absolute atomic E-state index is 12.3. The first-order valence-corrected chi connectivity index (χ1v) is 11.1. The maximum Gasteiger partial charge on any atom is 0.410 e. The summed E-state index contributed by atoms with van der Waals surface area (Å²) < 4.78 is 5.44. The largest absolute Gasteiger partial charge is 0.444 e. The molecule has 0 radical (unpaired) electrons. The molecule has 33 heavy (non-hydrogen) atoms. The van der Waals surface area contributed by atoms with E-state index < -0.39 is 5.60 Å². The minimum atomic E-state index is -0.545. The summed E-state index contributed by atoms with van der Waals surface area (Å²) in [6.07, 6.45) is 2.12. The van der Waals surface area contributed by atoms with Crippen LogP contribution in [0.25, 0.3) is 11.1 Å². The fraction of sp³-hybridized carbons (Fsp3) is 0.417. The molecule has 3 rings (SSSR count). The number of benzene rings is 1. The Bertz CT molecular complexity index is 1060. The van der Waals surface area contributed by atoms with Gasteiger partial charge in [-0.3, -0.25) is 9.59 Å². The summed E-state index contributed by atoms with van der Waals surface area (Å²) in [5.41, 5.74) is 1.79. The summed E-state index contributed by atoms with van der Waals surface area (Å²) in [6, 6.07) is 6.91. The molecule has 2 heterocycles. The standard InChI is InChI=1S/C24H29ClN4O4/c1-24(2,3)33-23(32)29-10-8-28(9-11-29)21-18(15-30)12-17(14-26-21)16-6-7-19(20(25)13-16)22(31)27(4)5/h6-7,12-15H,8-11H2,1-5H3. The van der Waals surface area contributed by atoms with Gasteiger partial charge in [0.2, 0.25) is 0 Å². The summed E-state index contributed by atoms with van der Waals surface area (Å²) in [4.78, 5) is 46.0. The number of piperazine rings is 1. The molecule has 0 spiro atoms. The van der Waals surface area contributed by atoms with E-state index in [1.807, 2.05) is 25.7 Å². The van der Waals surface area contributed by atoms with Crippen molar-refractivity contribution < 1.29 is 19.1 Å². The van der Waals surface area contributed by atoms with Crippen molar-refractivity contribution in [1.29, 1.82) is 0 Å². The van der Waals surface area contributed by atoms with Crippen LogP contribution in [0.2, 0.25) is 5.02 Å². The highest BCUT2D eigenvalue weighted by Gasteiger charge is 2.27. The zero-order valence-corrected chi connectivity index (χ0v) is 20.3. The Labute approximate surface area is 199 Å². The number of hydrogen-bond acceptors (Lipinski definition) is 6. The highest BCUT2D eigenvalue weighted by atomic mass is 35.5. The molecule has 0 atom stereocenters. The Hall–Kier alpha value is -3.13. The van der Waals surface area contributed by atoms with Crippen LogP contribution in [0.4, 0.5) is 10.6 Å². The average Bonchev–Trinajstić information content (AvgIpc) is 2.77. The smallest absolute Gasteiger partial charge is 0.410 e. The van der Waals surface area contributed by atoms with Gasteiger partial charge in [-0.1, -0.05) is 17.7 Å². The summed E-state index contributed by atoms with van der Waals surface area (Å²) in [5, 5.41) is 0.334. The molecule has 1 aliphatic heterocycles. The van der Waals surface area contributed by atoms with Gasteiger partial charge in [0.05, 0.1) is 16.1 Å². The molecule has 1 aliphatic rings. The van der Waals surface area contributed by atoms with E-state index in [0.717, 1.165) is 17.4 Å². The van der Waals surface area contributed by atoms with E-state index in [9.17, 15) is 14.4 Å².